The summed E-state index contributed by atoms with van der Waals surface area (Å²) < 4.78 is 7.12. The molecular weight excluding hydrogens is 260 g/mol. The van der Waals surface area contributed by atoms with Gasteiger partial charge in [-0.25, -0.2) is 9.78 Å². The molecule has 3 rings (SSSR count). The summed E-state index contributed by atoms with van der Waals surface area (Å²) in [6, 6.07) is 8.16. The van der Waals surface area contributed by atoms with Gasteiger partial charge in [-0.2, -0.15) is 0 Å². The zero-order chi connectivity index (χ0) is 13.4. The second-order valence-corrected chi connectivity index (χ2v) is 5.28. The van der Waals surface area contributed by atoms with Crippen LogP contribution >= 0.6 is 11.8 Å². The summed E-state index contributed by atoms with van der Waals surface area (Å²) in [5.74, 6) is 1.23. The fourth-order valence-electron chi connectivity index (χ4n) is 2.30. The number of esters is 1. The van der Waals surface area contributed by atoms with Crippen LogP contribution in [0.15, 0.2) is 29.2 Å². The predicted molar refractivity (Wildman–Crippen MR) is 73.8 cm³/mol. The second kappa shape index (κ2) is 4.74. The molecule has 0 bridgehead atoms. The van der Waals surface area contributed by atoms with Gasteiger partial charge in [0.15, 0.2) is 5.69 Å². The van der Waals surface area contributed by atoms with E-state index in [1.165, 1.54) is 4.90 Å². The van der Waals surface area contributed by atoms with Crippen LogP contribution in [0.25, 0.3) is 5.69 Å². The molecule has 0 atom stereocenters. The first kappa shape index (κ1) is 12.3. The molecule has 1 aliphatic heterocycles. The smallest absolute Gasteiger partial charge is 0.358 e. The van der Waals surface area contributed by atoms with E-state index in [0.717, 1.165) is 23.0 Å². The predicted octanol–water partition coefficient (Wildman–Crippen LogP) is 2.96. The summed E-state index contributed by atoms with van der Waals surface area (Å²) in [6.45, 7) is 4.09. The molecule has 2 heterocycles. The van der Waals surface area contributed by atoms with E-state index in [-0.39, 0.29) is 5.97 Å². The van der Waals surface area contributed by atoms with Crippen LogP contribution in [0.3, 0.4) is 0 Å². The number of nitrogens with zero attached hydrogens (tertiary/aromatic N) is 2. The molecule has 0 aliphatic carbocycles. The van der Waals surface area contributed by atoms with Crippen LogP contribution in [-0.4, -0.2) is 22.1 Å². The Bertz CT molecular complexity index is 649. The number of fused-ring (bicyclic) bond motifs is 3. The molecule has 0 unspecified atom stereocenters. The minimum atomic E-state index is -0.334. The molecular formula is C14H14N2O2S. The van der Waals surface area contributed by atoms with Gasteiger partial charge in [0.25, 0.3) is 0 Å². The molecule has 0 N–H and O–H groups in total. The summed E-state index contributed by atoms with van der Waals surface area (Å²) in [6.07, 6.45) is 0. The molecule has 1 aromatic carbocycles. The number of hydrogen-bond donors (Lipinski definition) is 0. The third-order valence-corrected chi connectivity index (χ3v) is 4.15. The highest BCUT2D eigenvalue weighted by Gasteiger charge is 2.26. The van der Waals surface area contributed by atoms with Gasteiger partial charge in [0.1, 0.15) is 5.82 Å². The van der Waals surface area contributed by atoms with Crippen molar-refractivity contribution < 1.29 is 9.53 Å². The molecule has 1 aromatic heterocycles. The lowest BCUT2D eigenvalue weighted by molar-refractivity contribution is 0.0519. The van der Waals surface area contributed by atoms with Crippen molar-refractivity contribution in [2.24, 2.45) is 0 Å². The maximum absolute atomic E-state index is 11.9. The number of carbonyl (C=O) groups is 1. The first-order chi connectivity index (χ1) is 9.22. The van der Waals surface area contributed by atoms with Crippen LogP contribution < -0.4 is 0 Å². The van der Waals surface area contributed by atoms with Gasteiger partial charge in [-0.05, 0) is 26.0 Å². The fourth-order valence-corrected chi connectivity index (χ4v) is 3.34. The van der Waals surface area contributed by atoms with Crippen molar-refractivity contribution in [2.45, 2.75) is 24.5 Å². The number of thioether (sulfide) groups is 1. The monoisotopic (exact) mass is 274 g/mol. The molecule has 19 heavy (non-hydrogen) atoms. The van der Waals surface area contributed by atoms with Crippen LogP contribution in [0.4, 0.5) is 0 Å². The highest BCUT2D eigenvalue weighted by atomic mass is 32.2. The first-order valence-electron chi connectivity index (χ1n) is 6.20. The van der Waals surface area contributed by atoms with Gasteiger partial charge in [0, 0.05) is 10.6 Å². The number of ether oxygens (including phenoxy) is 1. The van der Waals surface area contributed by atoms with E-state index in [0.29, 0.717) is 12.3 Å². The van der Waals surface area contributed by atoms with Crippen LogP contribution in [0.2, 0.25) is 0 Å². The molecule has 0 saturated heterocycles. The van der Waals surface area contributed by atoms with Crippen LogP contribution in [0, 0.1) is 6.92 Å². The first-order valence-corrected chi connectivity index (χ1v) is 7.18. The highest BCUT2D eigenvalue weighted by molar-refractivity contribution is 7.98. The molecule has 1 aliphatic rings. The average molecular weight is 274 g/mol. The Morgan fingerprint density at radius 1 is 1.47 bits per heavy atom. The van der Waals surface area contributed by atoms with Gasteiger partial charge in [-0.3, -0.25) is 4.57 Å². The summed E-state index contributed by atoms with van der Waals surface area (Å²) >= 11 is 1.73. The maximum Gasteiger partial charge on any atom is 0.358 e. The van der Waals surface area contributed by atoms with Crippen molar-refractivity contribution in [3.05, 3.63) is 41.5 Å². The number of benzene rings is 1. The van der Waals surface area contributed by atoms with E-state index in [2.05, 4.69) is 21.7 Å². The van der Waals surface area contributed by atoms with E-state index in [1.54, 1.807) is 18.7 Å². The summed E-state index contributed by atoms with van der Waals surface area (Å²) in [4.78, 5) is 17.5. The summed E-state index contributed by atoms with van der Waals surface area (Å²) in [5.41, 5.74) is 2.47. The number of aryl methyl sites for hydroxylation is 1. The Hall–Kier alpha value is -1.75. The molecule has 5 heteroatoms. The Kier molecular flexibility index (Phi) is 3.06. The topological polar surface area (TPSA) is 44.1 Å². The van der Waals surface area contributed by atoms with Crippen molar-refractivity contribution in [3.8, 4) is 5.69 Å². The summed E-state index contributed by atoms with van der Waals surface area (Å²) in [7, 11) is 0. The molecule has 4 nitrogen and oxygen atoms in total. The quantitative estimate of drug-likeness (QED) is 0.790. The van der Waals surface area contributed by atoms with Gasteiger partial charge in [0.05, 0.1) is 18.0 Å². The van der Waals surface area contributed by atoms with Gasteiger partial charge in [-0.1, -0.05) is 12.1 Å². The van der Waals surface area contributed by atoms with Crippen LogP contribution in [0.1, 0.15) is 28.9 Å². The lowest BCUT2D eigenvalue weighted by Gasteiger charge is -2.19. The van der Waals surface area contributed by atoms with Crippen molar-refractivity contribution >= 4 is 17.7 Å². The lowest BCUT2D eigenvalue weighted by atomic mass is 10.2. The number of rotatable bonds is 2. The number of imidazole rings is 1. The number of hydrogen-bond acceptors (Lipinski definition) is 4. The maximum atomic E-state index is 11.9. The molecule has 0 radical (unpaired) electrons. The highest BCUT2D eigenvalue weighted by Crippen LogP contribution is 2.37. The number of para-hydroxylation sites is 1. The third kappa shape index (κ3) is 1.94. The molecule has 98 valence electrons. The lowest BCUT2D eigenvalue weighted by Crippen LogP contribution is -2.12. The Balaban J connectivity index is 2.15. The zero-order valence-electron chi connectivity index (χ0n) is 10.8. The van der Waals surface area contributed by atoms with Crippen molar-refractivity contribution in [1.82, 2.24) is 9.55 Å². The Morgan fingerprint density at radius 2 is 2.26 bits per heavy atom. The van der Waals surface area contributed by atoms with E-state index in [9.17, 15) is 4.79 Å². The van der Waals surface area contributed by atoms with Gasteiger partial charge < -0.3 is 4.74 Å². The van der Waals surface area contributed by atoms with E-state index in [4.69, 9.17) is 4.74 Å². The van der Waals surface area contributed by atoms with Crippen molar-refractivity contribution in [2.75, 3.05) is 6.61 Å². The molecule has 0 amide bonds. The van der Waals surface area contributed by atoms with E-state index < -0.39 is 0 Å². The minimum Gasteiger partial charge on any atom is -0.461 e. The molecule has 2 aromatic rings. The third-order valence-electron chi connectivity index (χ3n) is 3.08. The Labute approximate surface area is 115 Å². The standard InChI is InChI=1S/C14H14N2O2S/c1-3-18-14(17)13-11-8-19-12-7-5-4-6-10(12)16(11)9(2)15-13/h4-7H,3,8H2,1-2H3. The van der Waals surface area contributed by atoms with Gasteiger partial charge in [0.2, 0.25) is 0 Å². The molecule has 0 fully saturated rings. The number of carbonyl (C=O) groups excluding carboxylic acids is 1. The largest absolute Gasteiger partial charge is 0.461 e. The molecule has 0 saturated carbocycles. The van der Waals surface area contributed by atoms with Crippen molar-refractivity contribution in [3.63, 3.8) is 0 Å². The van der Waals surface area contributed by atoms with Gasteiger partial charge >= 0.3 is 5.97 Å². The van der Waals surface area contributed by atoms with Crippen LogP contribution in [-0.2, 0) is 10.5 Å². The molecule has 0 spiro atoms. The normalized spacial score (nSPS) is 12.7. The summed E-state index contributed by atoms with van der Waals surface area (Å²) in [5, 5.41) is 0. The van der Waals surface area contributed by atoms with Gasteiger partial charge in [-0.15, -0.1) is 11.8 Å². The second-order valence-electron chi connectivity index (χ2n) is 4.27. The fraction of sp³-hybridized carbons (Fsp3) is 0.286. The Morgan fingerprint density at radius 3 is 3.05 bits per heavy atom. The SMILES string of the molecule is CCOC(=O)c1nc(C)n2c1CSc1ccccc1-2. The van der Waals surface area contributed by atoms with E-state index in [1.807, 2.05) is 19.1 Å². The average Bonchev–Trinajstić information content (AvgIpc) is 2.77. The minimum absolute atomic E-state index is 0.334. The van der Waals surface area contributed by atoms with Crippen LogP contribution in [0.5, 0.6) is 0 Å². The number of aromatic nitrogens is 2. The van der Waals surface area contributed by atoms with E-state index >= 15 is 0 Å². The zero-order valence-corrected chi connectivity index (χ0v) is 11.7. The van der Waals surface area contributed by atoms with Crippen molar-refractivity contribution in [1.29, 1.82) is 0 Å².